The molecule has 1 unspecified atom stereocenters. The fourth-order valence-corrected chi connectivity index (χ4v) is 3.20. The number of carbonyl (C=O) groups is 2. The van der Waals surface area contributed by atoms with Gasteiger partial charge in [0.1, 0.15) is 0 Å². The maximum absolute atomic E-state index is 12.5. The summed E-state index contributed by atoms with van der Waals surface area (Å²) < 4.78 is 0. The average Bonchev–Trinajstić information content (AvgIpc) is 2.55. The van der Waals surface area contributed by atoms with Crippen LogP contribution in [0.4, 0.5) is 5.69 Å². The topological polar surface area (TPSA) is 75.4 Å². The summed E-state index contributed by atoms with van der Waals surface area (Å²) in [5, 5.41) is 3.13. The first-order valence-corrected chi connectivity index (χ1v) is 8.92. The number of piperidine rings is 1. The fourth-order valence-electron chi connectivity index (χ4n) is 2.94. The molecule has 0 radical (unpaired) electrons. The van der Waals surface area contributed by atoms with Crippen LogP contribution in [0.1, 0.15) is 56.3 Å². The summed E-state index contributed by atoms with van der Waals surface area (Å²) >= 11 is 6.27. The predicted octanol–water partition coefficient (Wildman–Crippen LogP) is 3.42. The highest BCUT2D eigenvalue weighted by molar-refractivity contribution is 6.34. The van der Waals surface area contributed by atoms with E-state index in [4.69, 9.17) is 17.3 Å². The molecule has 6 heteroatoms. The lowest BCUT2D eigenvalue weighted by atomic mass is 9.96. The molecule has 3 N–H and O–H groups in total. The number of hydrogen-bond acceptors (Lipinski definition) is 3. The summed E-state index contributed by atoms with van der Waals surface area (Å²) in [7, 11) is 0. The molecule has 1 aliphatic rings. The van der Waals surface area contributed by atoms with E-state index in [9.17, 15) is 9.59 Å². The van der Waals surface area contributed by atoms with Crippen LogP contribution in [0.3, 0.4) is 0 Å². The molecule has 1 fully saturated rings. The molecule has 0 spiro atoms. The van der Waals surface area contributed by atoms with Gasteiger partial charge in [0.25, 0.3) is 5.91 Å². The molecule has 2 amide bonds. The highest BCUT2D eigenvalue weighted by Crippen LogP contribution is 2.24. The van der Waals surface area contributed by atoms with E-state index in [0.717, 1.165) is 38.8 Å². The first-order chi connectivity index (χ1) is 11.3. The lowest BCUT2D eigenvalue weighted by molar-refractivity contribution is -0.120. The Bertz CT molecular complexity index is 610. The maximum Gasteiger partial charge on any atom is 0.255 e. The van der Waals surface area contributed by atoms with Crippen molar-refractivity contribution < 1.29 is 9.59 Å². The van der Waals surface area contributed by atoms with Crippen LogP contribution in [0.2, 0.25) is 5.02 Å². The van der Waals surface area contributed by atoms with E-state index >= 15 is 0 Å². The Hall–Kier alpha value is -1.59. The Labute approximate surface area is 148 Å². The van der Waals surface area contributed by atoms with Crippen molar-refractivity contribution in [3.05, 3.63) is 28.8 Å². The molecule has 1 aromatic carbocycles. The SMILES string of the molecule is CCCC(C)(N)C(=O)Nc1ccc(C(=O)N2CCCCC2)c(Cl)c1. The standard InChI is InChI=1S/C18H26ClN3O2/c1-3-9-18(2,20)17(24)21-13-7-8-14(15(19)12-13)16(23)22-10-5-4-6-11-22/h7-8,12H,3-6,9-11,20H2,1-2H3,(H,21,24). The molecule has 1 heterocycles. The van der Waals surface area contributed by atoms with E-state index < -0.39 is 5.54 Å². The van der Waals surface area contributed by atoms with Crippen LogP contribution in [0.5, 0.6) is 0 Å². The zero-order valence-electron chi connectivity index (χ0n) is 14.4. The number of amides is 2. The van der Waals surface area contributed by atoms with E-state index in [1.165, 1.54) is 0 Å². The van der Waals surface area contributed by atoms with Gasteiger partial charge in [-0.3, -0.25) is 9.59 Å². The third-order valence-electron chi connectivity index (χ3n) is 4.39. The van der Waals surface area contributed by atoms with Gasteiger partial charge in [-0.15, -0.1) is 0 Å². The van der Waals surface area contributed by atoms with Crippen LogP contribution in [0.15, 0.2) is 18.2 Å². The number of anilines is 1. The Balaban J connectivity index is 2.09. The Morgan fingerprint density at radius 2 is 1.96 bits per heavy atom. The van der Waals surface area contributed by atoms with Gasteiger partial charge in [-0.05, 0) is 50.8 Å². The zero-order chi connectivity index (χ0) is 17.7. The van der Waals surface area contributed by atoms with Crippen LogP contribution in [-0.4, -0.2) is 35.3 Å². The van der Waals surface area contributed by atoms with E-state index in [0.29, 0.717) is 22.7 Å². The second-order valence-electron chi connectivity index (χ2n) is 6.67. The molecule has 1 atom stereocenters. The van der Waals surface area contributed by atoms with Crippen molar-refractivity contribution in [2.24, 2.45) is 5.73 Å². The summed E-state index contributed by atoms with van der Waals surface area (Å²) in [6.45, 7) is 5.24. The minimum Gasteiger partial charge on any atom is -0.339 e. The molecule has 0 aromatic heterocycles. The van der Waals surface area contributed by atoms with Gasteiger partial charge in [0.2, 0.25) is 5.91 Å². The van der Waals surface area contributed by atoms with Gasteiger partial charge in [-0.1, -0.05) is 24.9 Å². The van der Waals surface area contributed by atoms with Crippen molar-refractivity contribution in [3.8, 4) is 0 Å². The molecule has 132 valence electrons. The number of rotatable bonds is 5. The number of benzene rings is 1. The van der Waals surface area contributed by atoms with Crippen molar-refractivity contribution >= 4 is 29.1 Å². The predicted molar refractivity (Wildman–Crippen MR) is 97.3 cm³/mol. The van der Waals surface area contributed by atoms with E-state index in [1.807, 2.05) is 11.8 Å². The summed E-state index contributed by atoms with van der Waals surface area (Å²) in [5.74, 6) is -0.303. The monoisotopic (exact) mass is 351 g/mol. The molecular formula is C18H26ClN3O2. The molecule has 24 heavy (non-hydrogen) atoms. The van der Waals surface area contributed by atoms with Crippen LogP contribution in [0, 0.1) is 0 Å². The third-order valence-corrected chi connectivity index (χ3v) is 4.70. The molecule has 2 rings (SSSR count). The summed E-state index contributed by atoms with van der Waals surface area (Å²) in [6, 6.07) is 4.98. The van der Waals surface area contributed by atoms with Gasteiger partial charge in [-0.25, -0.2) is 0 Å². The van der Waals surface area contributed by atoms with Gasteiger partial charge < -0.3 is 16.0 Å². The second kappa shape index (κ2) is 7.99. The van der Waals surface area contributed by atoms with Crippen molar-refractivity contribution in [2.75, 3.05) is 18.4 Å². The van der Waals surface area contributed by atoms with Crippen molar-refractivity contribution in [2.45, 2.75) is 51.5 Å². The third kappa shape index (κ3) is 4.48. The van der Waals surface area contributed by atoms with Crippen LogP contribution >= 0.6 is 11.6 Å². The molecule has 1 saturated heterocycles. The number of nitrogens with two attached hydrogens (primary N) is 1. The van der Waals surface area contributed by atoms with Gasteiger partial charge in [0, 0.05) is 18.8 Å². The molecule has 0 aliphatic carbocycles. The highest BCUT2D eigenvalue weighted by Gasteiger charge is 2.27. The van der Waals surface area contributed by atoms with Crippen LogP contribution in [-0.2, 0) is 4.79 Å². The Kier molecular flexibility index (Phi) is 6.24. The molecule has 5 nitrogen and oxygen atoms in total. The number of hydrogen-bond donors (Lipinski definition) is 2. The number of nitrogens with one attached hydrogen (secondary N) is 1. The van der Waals surface area contributed by atoms with Gasteiger partial charge in [0.05, 0.1) is 16.1 Å². The summed E-state index contributed by atoms with van der Waals surface area (Å²) in [6.07, 6.45) is 4.65. The number of nitrogens with zero attached hydrogens (tertiary/aromatic N) is 1. The summed E-state index contributed by atoms with van der Waals surface area (Å²) in [4.78, 5) is 26.6. The van der Waals surface area contributed by atoms with E-state index in [-0.39, 0.29) is 11.8 Å². The smallest absolute Gasteiger partial charge is 0.255 e. The quantitative estimate of drug-likeness (QED) is 0.853. The molecule has 0 saturated carbocycles. The normalized spacial score (nSPS) is 17.2. The minimum atomic E-state index is -0.927. The number of likely N-dealkylation sites (tertiary alicyclic amines) is 1. The minimum absolute atomic E-state index is 0.0489. The molecule has 0 bridgehead atoms. The lowest BCUT2D eigenvalue weighted by Gasteiger charge is -2.27. The highest BCUT2D eigenvalue weighted by atomic mass is 35.5. The van der Waals surface area contributed by atoms with E-state index in [2.05, 4.69) is 5.32 Å². The molecule has 1 aliphatic heterocycles. The first kappa shape index (κ1) is 18.7. The largest absolute Gasteiger partial charge is 0.339 e. The lowest BCUT2D eigenvalue weighted by Crippen LogP contribution is -2.48. The zero-order valence-corrected chi connectivity index (χ0v) is 15.2. The van der Waals surface area contributed by atoms with Gasteiger partial charge in [0.15, 0.2) is 0 Å². The van der Waals surface area contributed by atoms with Gasteiger partial charge >= 0.3 is 0 Å². The maximum atomic E-state index is 12.5. The Morgan fingerprint density at radius 3 is 2.54 bits per heavy atom. The number of halogens is 1. The first-order valence-electron chi connectivity index (χ1n) is 8.54. The molecule has 1 aromatic rings. The van der Waals surface area contributed by atoms with Crippen molar-refractivity contribution in [1.82, 2.24) is 4.90 Å². The molecular weight excluding hydrogens is 326 g/mol. The fraction of sp³-hybridized carbons (Fsp3) is 0.556. The van der Waals surface area contributed by atoms with Crippen LogP contribution < -0.4 is 11.1 Å². The second-order valence-corrected chi connectivity index (χ2v) is 7.08. The van der Waals surface area contributed by atoms with E-state index in [1.54, 1.807) is 25.1 Å². The van der Waals surface area contributed by atoms with Crippen molar-refractivity contribution in [3.63, 3.8) is 0 Å². The summed E-state index contributed by atoms with van der Waals surface area (Å²) in [5.41, 5.74) is 6.12. The van der Waals surface area contributed by atoms with Crippen molar-refractivity contribution in [1.29, 1.82) is 0 Å². The van der Waals surface area contributed by atoms with Crippen LogP contribution in [0.25, 0.3) is 0 Å². The average molecular weight is 352 g/mol. The number of carbonyl (C=O) groups excluding carboxylic acids is 2. The van der Waals surface area contributed by atoms with Gasteiger partial charge in [-0.2, -0.15) is 0 Å². The Morgan fingerprint density at radius 1 is 1.29 bits per heavy atom.